The van der Waals surface area contributed by atoms with Crippen molar-refractivity contribution < 1.29 is 0 Å². The molecule has 0 saturated carbocycles. The average molecular weight is 307 g/mol. The van der Waals surface area contributed by atoms with Gasteiger partial charge >= 0.3 is 0 Å². The van der Waals surface area contributed by atoms with Crippen LogP contribution in [0, 0.1) is 6.92 Å². The number of hydrogen-bond acceptors (Lipinski definition) is 4. The molecule has 4 nitrogen and oxygen atoms in total. The second-order valence-electron chi connectivity index (χ2n) is 4.07. The number of aromatic nitrogens is 2. The number of hydrazine groups is 1. The van der Waals surface area contributed by atoms with Crippen LogP contribution in [0.25, 0.3) is 0 Å². The molecule has 2 rings (SSSR count). The van der Waals surface area contributed by atoms with Crippen LogP contribution in [0.2, 0.25) is 0 Å². The lowest BCUT2D eigenvalue weighted by atomic mass is 10.0. The van der Waals surface area contributed by atoms with Crippen LogP contribution in [0.15, 0.2) is 41.1 Å². The zero-order valence-electron chi connectivity index (χ0n) is 10.1. The number of nitrogens with zero attached hydrogens (tertiary/aromatic N) is 2. The van der Waals surface area contributed by atoms with Gasteiger partial charge in [-0.25, -0.2) is 0 Å². The molecule has 1 unspecified atom stereocenters. The summed E-state index contributed by atoms with van der Waals surface area (Å²) >= 11 is 3.37. The average Bonchev–Trinajstić information content (AvgIpc) is 2.39. The van der Waals surface area contributed by atoms with E-state index in [1.165, 1.54) is 0 Å². The van der Waals surface area contributed by atoms with Crippen LogP contribution in [0.1, 0.15) is 23.0 Å². The molecule has 3 N–H and O–H groups in total. The number of rotatable bonds is 4. The highest BCUT2D eigenvalue weighted by Crippen LogP contribution is 2.19. The van der Waals surface area contributed by atoms with E-state index in [4.69, 9.17) is 5.84 Å². The van der Waals surface area contributed by atoms with E-state index >= 15 is 0 Å². The summed E-state index contributed by atoms with van der Waals surface area (Å²) in [7, 11) is 0. The number of aryl methyl sites for hydroxylation is 1. The molecule has 2 heterocycles. The van der Waals surface area contributed by atoms with E-state index < -0.39 is 0 Å². The number of nitrogens with one attached hydrogen (secondary N) is 1. The van der Waals surface area contributed by atoms with Crippen LogP contribution in [-0.4, -0.2) is 9.97 Å². The highest BCUT2D eigenvalue weighted by atomic mass is 79.9. The number of hydrogen-bond donors (Lipinski definition) is 2. The third-order valence-corrected chi connectivity index (χ3v) is 3.30. The molecule has 0 radical (unpaired) electrons. The van der Waals surface area contributed by atoms with Gasteiger partial charge < -0.3 is 0 Å². The minimum absolute atomic E-state index is 0.0207. The molecule has 0 amide bonds. The molecule has 0 bridgehead atoms. The van der Waals surface area contributed by atoms with Gasteiger partial charge in [0.25, 0.3) is 0 Å². The molecule has 0 spiro atoms. The van der Waals surface area contributed by atoms with Gasteiger partial charge in [0.15, 0.2) is 0 Å². The van der Waals surface area contributed by atoms with Crippen molar-refractivity contribution in [2.75, 3.05) is 0 Å². The van der Waals surface area contributed by atoms with E-state index in [0.717, 1.165) is 27.8 Å². The Labute approximate surface area is 115 Å². The van der Waals surface area contributed by atoms with Crippen molar-refractivity contribution in [3.05, 3.63) is 58.1 Å². The van der Waals surface area contributed by atoms with Gasteiger partial charge in [-0.2, -0.15) is 0 Å². The Bertz CT molecular complexity index is 513. The van der Waals surface area contributed by atoms with Crippen LogP contribution in [0.5, 0.6) is 0 Å². The van der Waals surface area contributed by atoms with Gasteiger partial charge in [-0.15, -0.1) is 0 Å². The van der Waals surface area contributed by atoms with Crippen molar-refractivity contribution in [1.29, 1.82) is 0 Å². The molecule has 0 aliphatic carbocycles. The van der Waals surface area contributed by atoms with Gasteiger partial charge in [-0.3, -0.25) is 21.2 Å². The molecule has 94 valence electrons. The first kappa shape index (κ1) is 13.1. The fourth-order valence-electron chi connectivity index (χ4n) is 1.86. The monoisotopic (exact) mass is 306 g/mol. The Kier molecular flexibility index (Phi) is 4.41. The summed E-state index contributed by atoms with van der Waals surface area (Å²) in [6.07, 6.45) is 4.31. The highest BCUT2D eigenvalue weighted by molar-refractivity contribution is 9.10. The van der Waals surface area contributed by atoms with Gasteiger partial charge in [0.2, 0.25) is 0 Å². The Hall–Kier alpha value is -1.30. The van der Waals surface area contributed by atoms with Gasteiger partial charge in [-0.1, -0.05) is 6.07 Å². The smallest absolute Gasteiger partial charge is 0.0533 e. The van der Waals surface area contributed by atoms with Crippen molar-refractivity contribution in [2.24, 2.45) is 5.84 Å². The van der Waals surface area contributed by atoms with Crippen molar-refractivity contribution in [1.82, 2.24) is 15.4 Å². The van der Waals surface area contributed by atoms with E-state index in [0.29, 0.717) is 0 Å². The number of pyridine rings is 2. The lowest BCUT2D eigenvalue weighted by Gasteiger charge is -2.17. The molecular weight excluding hydrogens is 292 g/mol. The van der Waals surface area contributed by atoms with Crippen molar-refractivity contribution in [3.63, 3.8) is 0 Å². The fraction of sp³-hybridized carbons (Fsp3) is 0.231. The summed E-state index contributed by atoms with van der Waals surface area (Å²) in [5.41, 5.74) is 5.91. The van der Waals surface area contributed by atoms with Gasteiger partial charge in [-0.05, 0) is 46.6 Å². The molecule has 5 heteroatoms. The Morgan fingerprint density at radius 3 is 2.78 bits per heavy atom. The fourth-order valence-corrected chi connectivity index (χ4v) is 2.09. The topological polar surface area (TPSA) is 63.8 Å². The third kappa shape index (κ3) is 3.13. The summed E-state index contributed by atoms with van der Waals surface area (Å²) in [5, 5.41) is 0. The predicted molar refractivity (Wildman–Crippen MR) is 74.7 cm³/mol. The zero-order chi connectivity index (χ0) is 13.0. The third-order valence-electron chi connectivity index (χ3n) is 2.83. The van der Waals surface area contributed by atoms with Gasteiger partial charge in [0.05, 0.1) is 6.04 Å². The van der Waals surface area contributed by atoms with Crippen LogP contribution < -0.4 is 11.3 Å². The lowest BCUT2D eigenvalue weighted by Crippen LogP contribution is -2.30. The predicted octanol–water partition coefficient (Wildman–Crippen LogP) is 2.29. The van der Waals surface area contributed by atoms with Gasteiger partial charge in [0, 0.05) is 34.7 Å². The molecule has 2 aromatic heterocycles. The lowest BCUT2D eigenvalue weighted by molar-refractivity contribution is 0.541. The molecule has 18 heavy (non-hydrogen) atoms. The second kappa shape index (κ2) is 6.04. The first-order chi connectivity index (χ1) is 8.70. The van der Waals surface area contributed by atoms with Crippen molar-refractivity contribution in [3.8, 4) is 0 Å². The van der Waals surface area contributed by atoms with Crippen molar-refractivity contribution in [2.45, 2.75) is 19.4 Å². The first-order valence-corrected chi connectivity index (χ1v) is 6.48. The molecule has 0 saturated heterocycles. The molecule has 2 aromatic rings. The molecule has 0 aromatic carbocycles. The van der Waals surface area contributed by atoms with E-state index in [2.05, 4.69) is 31.3 Å². The maximum atomic E-state index is 5.64. The molecule has 0 fully saturated rings. The van der Waals surface area contributed by atoms with E-state index in [-0.39, 0.29) is 6.04 Å². The van der Waals surface area contributed by atoms with E-state index in [1.54, 1.807) is 12.4 Å². The summed E-state index contributed by atoms with van der Waals surface area (Å²) in [5.74, 6) is 5.64. The quantitative estimate of drug-likeness (QED) is 0.672. The summed E-state index contributed by atoms with van der Waals surface area (Å²) < 4.78 is 0.973. The maximum Gasteiger partial charge on any atom is 0.0533 e. The minimum atomic E-state index is 0.0207. The molecule has 0 aliphatic rings. The molecule has 0 aliphatic heterocycles. The largest absolute Gasteiger partial charge is 0.271 e. The normalized spacial score (nSPS) is 12.4. The molecule has 1 atom stereocenters. The maximum absolute atomic E-state index is 5.64. The van der Waals surface area contributed by atoms with Crippen LogP contribution in [-0.2, 0) is 6.42 Å². The number of nitrogens with two attached hydrogens (primary N) is 1. The zero-order valence-corrected chi connectivity index (χ0v) is 11.7. The van der Waals surface area contributed by atoms with Crippen LogP contribution >= 0.6 is 15.9 Å². The Balaban J connectivity index is 2.20. The van der Waals surface area contributed by atoms with Crippen molar-refractivity contribution >= 4 is 15.9 Å². The first-order valence-electron chi connectivity index (χ1n) is 5.69. The second-order valence-corrected chi connectivity index (χ2v) is 4.98. The SMILES string of the molecule is Cc1ncccc1C(Cc1ccc(Br)cn1)NN. The number of halogens is 1. The highest BCUT2D eigenvalue weighted by Gasteiger charge is 2.13. The summed E-state index contributed by atoms with van der Waals surface area (Å²) in [4.78, 5) is 8.64. The summed E-state index contributed by atoms with van der Waals surface area (Å²) in [6.45, 7) is 1.98. The summed E-state index contributed by atoms with van der Waals surface area (Å²) in [6, 6.07) is 7.94. The van der Waals surface area contributed by atoms with Gasteiger partial charge in [0.1, 0.15) is 0 Å². The van der Waals surface area contributed by atoms with E-state index in [1.807, 2.05) is 31.2 Å². The van der Waals surface area contributed by atoms with Crippen LogP contribution in [0.3, 0.4) is 0 Å². The van der Waals surface area contributed by atoms with E-state index in [9.17, 15) is 0 Å². The standard InChI is InChI=1S/C13H15BrN4/c1-9-12(3-2-6-16-9)13(18-15)7-11-5-4-10(14)8-17-11/h2-6,8,13,18H,7,15H2,1H3. The minimum Gasteiger partial charge on any atom is -0.271 e. The molecular formula is C13H15BrN4. The Morgan fingerprint density at radius 2 is 2.17 bits per heavy atom. The van der Waals surface area contributed by atoms with Crippen LogP contribution in [0.4, 0.5) is 0 Å². The Morgan fingerprint density at radius 1 is 1.33 bits per heavy atom.